The van der Waals surface area contributed by atoms with Gasteiger partial charge in [-0.1, -0.05) is 30.3 Å². The van der Waals surface area contributed by atoms with Gasteiger partial charge in [0.25, 0.3) is 5.69 Å². The van der Waals surface area contributed by atoms with E-state index in [0.717, 1.165) is 0 Å². The van der Waals surface area contributed by atoms with E-state index >= 15 is 0 Å². The number of nitro benzene ring substituents is 1. The van der Waals surface area contributed by atoms with Gasteiger partial charge in [0.05, 0.1) is 24.3 Å². The van der Waals surface area contributed by atoms with Gasteiger partial charge in [0.2, 0.25) is 5.91 Å². The highest BCUT2D eigenvalue weighted by atomic mass is 16.6. The van der Waals surface area contributed by atoms with Gasteiger partial charge in [-0.15, -0.1) is 0 Å². The van der Waals surface area contributed by atoms with Crippen molar-refractivity contribution in [2.75, 3.05) is 11.9 Å². The molecule has 0 aliphatic heterocycles. The lowest BCUT2D eigenvalue weighted by atomic mass is 10.0. The largest absolute Gasteiger partial charge is 0.467 e. The third-order valence-corrected chi connectivity index (χ3v) is 3.97. The zero-order valence-corrected chi connectivity index (χ0v) is 14.8. The molecule has 0 radical (unpaired) electrons. The van der Waals surface area contributed by atoms with Crippen molar-refractivity contribution in [1.82, 2.24) is 5.32 Å². The van der Waals surface area contributed by atoms with Crippen LogP contribution in [0.1, 0.15) is 21.7 Å². The number of nitro groups is 1. The topological polar surface area (TPSA) is 114 Å². The van der Waals surface area contributed by atoms with Crippen LogP contribution < -0.4 is 10.6 Å². The number of hydrogen-bond donors (Lipinski definition) is 2. The number of carbonyl (C=O) groups excluding carboxylic acids is 2. The number of carbonyl (C=O) groups is 2. The monoisotopic (exact) mass is 379 g/mol. The minimum Gasteiger partial charge on any atom is -0.467 e. The first-order valence-electron chi connectivity index (χ1n) is 8.46. The Morgan fingerprint density at radius 1 is 1.00 bits per heavy atom. The summed E-state index contributed by atoms with van der Waals surface area (Å²) in [4.78, 5) is 35.2. The fourth-order valence-corrected chi connectivity index (χ4v) is 2.57. The molecular weight excluding hydrogens is 362 g/mol. The van der Waals surface area contributed by atoms with E-state index in [9.17, 15) is 19.7 Å². The Bertz CT molecular complexity index is 984. The summed E-state index contributed by atoms with van der Waals surface area (Å²) >= 11 is 0. The molecule has 1 aromatic heterocycles. The fourth-order valence-electron chi connectivity index (χ4n) is 2.57. The summed E-state index contributed by atoms with van der Waals surface area (Å²) in [6.07, 6.45) is 1.50. The molecular formula is C20H17N3O5. The van der Waals surface area contributed by atoms with Crippen molar-refractivity contribution in [1.29, 1.82) is 0 Å². The summed E-state index contributed by atoms with van der Waals surface area (Å²) in [6.45, 7) is 0.0631. The van der Waals surface area contributed by atoms with Crippen LogP contribution in [0.5, 0.6) is 0 Å². The van der Waals surface area contributed by atoms with Gasteiger partial charge in [0.15, 0.2) is 5.78 Å². The third kappa shape index (κ3) is 4.61. The third-order valence-electron chi connectivity index (χ3n) is 3.97. The van der Waals surface area contributed by atoms with Crippen LogP contribution in [-0.2, 0) is 11.3 Å². The first-order chi connectivity index (χ1) is 13.5. The van der Waals surface area contributed by atoms with Crippen molar-refractivity contribution in [3.63, 3.8) is 0 Å². The van der Waals surface area contributed by atoms with Gasteiger partial charge < -0.3 is 15.1 Å². The smallest absolute Gasteiger partial charge is 0.293 e. The van der Waals surface area contributed by atoms with Crippen LogP contribution >= 0.6 is 0 Å². The van der Waals surface area contributed by atoms with Crippen molar-refractivity contribution in [3.8, 4) is 0 Å². The molecule has 28 heavy (non-hydrogen) atoms. The highest BCUT2D eigenvalue weighted by molar-refractivity contribution is 6.09. The molecule has 0 aliphatic carbocycles. The minimum absolute atomic E-state index is 0.155. The number of benzene rings is 2. The number of ketones is 1. The molecule has 1 heterocycles. The molecule has 0 spiro atoms. The van der Waals surface area contributed by atoms with Crippen LogP contribution in [0.15, 0.2) is 71.3 Å². The van der Waals surface area contributed by atoms with Gasteiger partial charge in [0.1, 0.15) is 11.4 Å². The first-order valence-corrected chi connectivity index (χ1v) is 8.46. The van der Waals surface area contributed by atoms with Gasteiger partial charge in [-0.25, -0.2) is 0 Å². The predicted octanol–water partition coefficient (Wildman–Crippen LogP) is 3.15. The molecule has 2 N–H and O–H groups in total. The van der Waals surface area contributed by atoms with Crippen molar-refractivity contribution in [2.45, 2.75) is 6.54 Å². The van der Waals surface area contributed by atoms with Gasteiger partial charge in [-0.2, -0.15) is 0 Å². The molecule has 0 bridgehead atoms. The zero-order chi connectivity index (χ0) is 19.9. The molecule has 2 aromatic carbocycles. The molecule has 142 valence electrons. The molecule has 0 aliphatic rings. The van der Waals surface area contributed by atoms with Crippen molar-refractivity contribution in [3.05, 3.63) is 93.9 Å². The van der Waals surface area contributed by atoms with Crippen LogP contribution in [0.2, 0.25) is 0 Å². The summed E-state index contributed by atoms with van der Waals surface area (Å²) in [7, 11) is 0. The normalized spacial score (nSPS) is 10.3. The van der Waals surface area contributed by atoms with E-state index < -0.39 is 4.92 Å². The first kappa shape index (κ1) is 18.8. The second-order valence-electron chi connectivity index (χ2n) is 5.89. The number of hydrogen-bond acceptors (Lipinski definition) is 6. The number of amides is 1. The van der Waals surface area contributed by atoms with Gasteiger partial charge in [-0.05, 0) is 24.3 Å². The quantitative estimate of drug-likeness (QED) is 0.353. The van der Waals surface area contributed by atoms with E-state index in [1.807, 2.05) is 0 Å². The molecule has 0 fully saturated rings. The second-order valence-corrected chi connectivity index (χ2v) is 5.89. The Morgan fingerprint density at radius 2 is 1.79 bits per heavy atom. The SMILES string of the molecule is O=C(CNc1ccc(C(=O)c2ccccc2)cc1[N+](=O)[O-])NCc1ccco1. The Labute approximate surface area is 160 Å². The standard InChI is InChI=1S/C20H17N3O5/c24-19(22-12-16-7-4-10-28-16)13-21-17-9-8-15(11-18(17)23(26)27)20(25)14-5-2-1-3-6-14/h1-11,21H,12-13H2,(H,22,24). The van der Waals surface area contributed by atoms with Crippen molar-refractivity contribution >= 4 is 23.1 Å². The highest BCUT2D eigenvalue weighted by Crippen LogP contribution is 2.26. The van der Waals surface area contributed by atoms with Crippen molar-refractivity contribution in [2.24, 2.45) is 0 Å². The summed E-state index contributed by atoms with van der Waals surface area (Å²) < 4.78 is 5.11. The van der Waals surface area contributed by atoms with E-state index in [2.05, 4.69) is 10.6 Å². The molecule has 0 saturated heterocycles. The van der Waals surface area contributed by atoms with Crippen LogP contribution in [0, 0.1) is 10.1 Å². The molecule has 3 aromatic rings. The number of furan rings is 1. The summed E-state index contributed by atoms with van der Waals surface area (Å²) in [5.74, 6) is -0.0651. The van der Waals surface area contributed by atoms with E-state index in [0.29, 0.717) is 11.3 Å². The number of nitrogens with zero attached hydrogens (tertiary/aromatic N) is 1. The molecule has 3 rings (SSSR count). The summed E-state index contributed by atoms with van der Waals surface area (Å²) in [6, 6.07) is 16.1. The average Bonchev–Trinajstić information content (AvgIpc) is 3.24. The van der Waals surface area contributed by atoms with Crippen LogP contribution in [-0.4, -0.2) is 23.2 Å². The lowest BCUT2D eigenvalue weighted by Gasteiger charge is -2.09. The lowest BCUT2D eigenvalue weighted by Crippen LogP contribution is -2.29. The maximum absolute atomic E-state index is 12.5. The summed E-state index contributed by atoms with van der Waals surface area (Å²) in [5, 5.41) is 16.8. The van der Waals surface area contributed by atoms with Crippen LogP contribution in [0.25, 0.3) is 0 Å². The predicted molar refractivity (Wildman–Crippen MR) is 102 cm³/mol. The van der Waals surface area contributed by atoms with E-state index in [1.165, 1.54) is 24.5 Å². The number of nitrogens with one attached hydrogen (secondary N) is 2. The van der Waals surface area contributed by atoms with Crippen LogP contribution in [0.4, 0.5) is 11.4 Å². The van der Waals surface area contributed by atoms with Gasteiger partial charge in [-0.3, -0.25) is 19.7 Å². The lowest BCUT2D eigenvalue weighted by molar-refractivity contribution is -0.384. The van der Waals surface area contributed by atoms with E-state index in [1.54, 1.807) is 42.5 Å². The van der Waals surface area contributed by atoms with Gasteiger partial charge >= 0.3 is 0 Å². The molecule has 8 heteroatoms. The minimum atomic E-state index is -0.592. The Balaban J connectivity index is 1.68. The second kappa shape index (κ2) is 8.63. The zero-order valence-electron chi connectivity index (χ0n) is 14.8. The Morgan fingerprint density at radius 3 is 2.46 bits per heavy atom. The highest BCUT2D eigenvalue weighted by Gasteiger charge is 2.19. The summed E-state index contributed by atoms with van der Waals surface area (Å²) in [5.41, 5.74) is 0.518. The van der Waals surface area contributed by atoms with E-state index in [-0.39, 0.29) is 41.7 Å². The van der Waals surface area contributed by atoms with Crippen LogP contribution in [0.3, 0.4) is 0 Å². The number of rotatable bonds is 8. The average molecular weight is 379 g/mol. The fraction of sp³-hybridized carbons (Fsp3) is 0.100. The maximum atomic E-state index is 12.5. The molecule has 0 saturated carbocycles. The Hall–Kier alpha value is -3.94. The molecule has 0 unspecified atom stereocenters. The molecule has 1 amide bonds. The molecule has 8 nitrogen and oxygen atoms in total. The van der Waals surface area contributed by atoms with Gasteiger partial charge in [0, 0.05) is 17.2 Å². The molecule has 0 atom stereocenters. The van der Waals surface area contributed by atoms with Crippen molar-refractivity contribution < 1.29 is 18.9 Å². The number of anilines is 1. The van der Waals surface area contributed by atoms with E-state index in [4.69, 9.17) is 4.42 Å². The maximum Gasteiger partial charge on any atom is 0.293 e. The Kier molecular flexibility index (Phi) is 5.81.